The molecule has 1 saturated heterocycles. The molecule has 1 amide bonds. The number of likely N-dealkylation sites (tertiary alicyclic amines) is 1. The molecule has 3 aliphatic rings. The summed E-state index contributed by atoms with van der Waals surface area (Å²) in [4.78, 5) is 14.8. The lowest BCUT2D eigenvalue weighted by Gasteiger charge is -2.39. The molecule has 5 rings (SSSR count). The zero-order chi connectivity index (χ0) is 25.3. The SMILES string of the molecule is O=C(NS(=O)(=O)C1CC1)c1cc(Cl)c(OCCC2CCC3(CCN(Cc4ccsc4)CC3)C2)cc1F. The number of hydrogen-bond donors (Lipinski definition) is 1. The third-order valence-corrected chi connectivity index (χ3v) is 10.8. The number of rotatable bonds is 9. The van der Waals surface area contributed by atoms with Crippen LogP contribution in [0.1, 0.15) is 67.3 Å². The van der Waals surface area contributed by atoms with Gasteiger partial charge in [0, 0.05) is 12.6 Å². The Balaban J connectivity index is 1.09. The number of nitrogens with zero attached hydrogens (tertiary/aromatic N) is 1. The molecular formula is C26H32ClFN2O4S2. The molecule has 36 heavy (non-hydrogen) atoms. The molecule has 2 aromatic rings. The molecule has 3 fully saturated rings. The fraction of sp³-hybridized carbons (Fsp3) is 0.577. The minimum Gasteiger partial charge on any atom is -0.492 e. The maximum Gasteiger partial charge on any atom is 0.267 e. The van der Waals surface area contributed by atoms with Gasteiger partial charge in [-0.1, -0.05) is 11.6 Å². The maximum absolute atomic E-state index is 14.6. The first-order valence-corrected chi connectivity index (χ1v) is 15.5. The van der Waals surface area contributed by atoms with Crippen LogP contribution in [0.2, 0.25) is 5.02 Å². The Kier molecular flexibility index (Phi) is 7.64. The second-order valence-electron chi connectivity index (χ2n) is 10.6. The van der Waals surface area contributed by atoms with Gasteiger partial charge in [0.05, 0.1) is 22.4 Å². The van der Waals surface area contributed by atoms with Crippen LogP contribution in [0.25, 0.3) is 0 Å². The van der Waals surface area contributed by atoms with Crippen molar-refractivity contribution in [2.75, 3.05) is 19.7 Å². The first kappa shape index (κ1) is 25.9. The molecular weight excluding hydrogens is 523 g/mol. The zero-order valence-corrected chi connectivity index (χ0v) is 22.6. The average molecular weight is 555 g/mol. The van der Waals surface area contributed by atoms with Crippen molar-refractivity contribution in [2.45, 2.75) is 63.2 Å². The van der Waals surface area contributed by atoms with E-state index in [0.717, 1.165) is 38.2 Å². The lowest BCUT2D eigenvalue weighted by atomic mass is 9.76. The molecule has 0 radical (unpaired) electrons. The van der Waals surface area contributed by atoms with Crippen molar-refractivity contribution in [3.8, 4) is 5.75 Å². The van der Waals surface area contributed by atoms with Gasteiger partial charge in [0.1, 0.15) is 11.6 Å². The molecule has 2 heterocycles. The third-order valence-electron chi connectivity index (χ3n) is 7.96. The highest BCUT2D eigenvalue weighted by molar-refractivity contribution is 7.91. The molecule has 6 nitrogen and oxygen atoms in total. The summed E-state index contributed by atoms with van der Waals surface area (Å²) < 4.78 is 46.3. The van der Waals surface area contributed by atoms with Gasteiger partial charge in [0.25, 0.3) is 5.91 Å². The van der Waals surface area contributed by atoms with E-state index in [0.29, 0.717) is 30.8 Å². The molecule has 10 heteroatoms. The highest BCUT2D eigenvalue weighted by Crippen LogP contribution is 2.50. The first-order valence-electron chi connectivity index (χ1n) is 12.6. The standard InChI is InChI=1S/C26H32ClFN2O4S2/c27-22-13-21(25(31)29-36(32,33)20-1-2-20)23(28)14-24(22)34-11-4-18-3-6-26(15-18)7-9-30(10-8-26)16-19-5-12-35-17-19/h5,12-14,17-18,20H,1-4,6-11,15-16H2,(H,29,31). The lowest BCUT2D eigenvalue weighted by Crippen LogP contribution is -2.38. The monoisotopic (exact) mass is 554 g/mol. The zero-order valence-electron chi connectivity index (χ0n) is 20.2. The van der Waals surface area contributed by atoms with Gasteiger partial charge in [-0.3, -0.25) is 9.69 Å². The molecule has 2 aliphatic carbocycles. The highest BCUT2D eigenvalue weighted by atomic mass is 35.5. The fourth-order valence-electron chi connectivity index (χ4n) is 5.65. The Labute approximate surface area is 221 Å². The molecule has 1 unspecified atom stereocenters. The number of benzene rings is 1. The molecule has 2 saturated carbocycles. The second-order valence-corrected chi connectivity index (χ2v) is 13.7. The van der Waals surface area contributed by atoms with E-state index in [-0.39, 0.29) is 10.8 Å². The number of carbonyl (C=O) groups is 1. The van der Waals surface area contributed by atoms with Gasteiger partial charge >= 0.3 is 0 Å². The maximum atomic E-state index is 14.6. The van der Waals surface area contributed by atoms with Crippen molar-refractivity contribution in [3.63, 3.8) is 0 Å². The number of nitrogens with one attached hydrogen (secondary N) is 1. The second kappa shape index (κ2) is 10.6. The van der Waals surface area contributed by atoms with Gasteiger partial charge in [-0.05, 0) is 104 Å². The van der Waals surface area contributed by atoms with E-state index in [1.54, 1.807) is 11.3 Å². The third kappa shape index (κ3) is 6.06. The highest BCUT2D eigenvalue weighted by Gasteiger charge is 2.41. The number of amides is 1. The van der Waals surface area contributed by atoms with E-state index in [2.05, 4.69) is 21.7 Å². The van der Waals surface area contributed by atoms with Gasteiger partial charge in [0.2, 0.25) is 10.0 Å². The minimum absolute atomic E-state index is 0.0891. The molecule has 1 aromatic carbocycles. The van der Waals surface area contributed by atoms with Crippen molar-refractivity contribution < 1.29 is 22.3 Å². The summed E-state index contributed by atoms with van der Waals surface area (Å²) in [5, 5.41) is 3.89. The van der Waals surface area contributed by atoms with Crippen molar-refractivity contribution in [3.05, 3.63) is 50.9 Å². The Hall–Kier alpha value is -1.68. The van der Waals surface area contributed by atoms with E-state index in [1.165, 1.54) is 37.7 Å². The number of hydrogen-bond acceptors (Lipinski definition) is 6. The van der Waals surface area contributed by atoms with Crippen molar-refractivity contribution in [2.24, 2.45) is 11.3 Å². The molecule has 1 aliphatic heterocycles. The largest absolute Gasteiger partial charge is 0.492 e. The van der Waals surface area contributed by atoms with Crippen LogP contribution in [0.5, 0.6) is 5.75 Å². The van der Waals surface area contributed by atoms with Gasteiger partial charge in [-0.2, -0.15) is 11.3 Å². The number of ether oxygens (including phenoxy) is 1. The molecule has 1 spiro atoms. The number of halogens is 2. The molecule has 1 atom stereocenters. The predicted molar refractivity (Wildman–Crippen MR) is 140 cm³/mol. The Morgan fingerprint density at radius 2 is 2.00 bits per heavy atom. The van der Waals surface area contributed by atoms with Crippen molar-refractivity contribution >= 4 is 38.9 Å². The van der Waals surface area contributed by atoms with Crippen LogP contribution < -0.4 is 9.46 Å². The van der Waals surface area contributed by atoms with Gasteiger partial charge < -0.3 is 4.74 Å². The summed E-state index contributed by atoms with van der Waals surface area (Å²) in [6.07, 6.45) is 8.03. The molecule has 1 aromatic heterocycles. The van der Waals surface area contributed by atoms with Crippen LogP contribution in [0.15, 0.2) is 29.0 Å². The van der Waals surface area contributed by atoms with Crippen LogP contribution in [0.4, 0.5) is 4.39 Å². The summed E-state index contributed by atoms with van der Waals surface area (Å²) in [6, 6.07) is 4.42. The van der Waals surface area contributed by atoms with Crippen LogP contribution in [0.3, 0.4) is 0 Å². The smallest absolute Gasteiger partial charge is 0.267 e. The summed E-state index contributed by atoms with van der Waals surface area (Å²) in [6.45, 7) is 3.77. The number of sulfonamides is 1. The van der Waals surface area contributed by atoms with E-state index < -0.39 is 32.6 Å². The van der Waals surface area contributed by atoms with Crippen LogP contribution in [-0.4, -0.2) is 44.2 Å². The average Bonchev–Trinajstić information content (AvgIpc) is 3.47. The Bertz CT molecular complexity index is 1190. The van der Waals surface area contributed by atoms with Gasteiger partial charge in [-0.15, -0.1) is 0 Å². The van der Waals surface area contributed by atoms with E-state index >= 15 is 0 Å². The first-order chi connectivity index (χ1) is 17.2. The van der Waals surface area contributed by atoms with Crippen LogP contribution in [0, 0.1) is 17.2 Å². The number of piperidine rings is 1. The molecule has 196 valence electrons. The fourth-order valence-corrected chi connectivity index (χ4v) is 7.82. The normalized spacial score (nSPS) is 22.1. The van der Waals surface area contributed by atoms with Gasteiger partial charge in [-0.25, -0.2) is 17.5 Å². The summed E-state index contributed by atoms with van der Waals surface area (Å²) in [5.41, 5.74) is 1.44. The van der Waals surface area contributed by atoms with E-state index in [4.69, 9.17) is 16.3 Å². The molecule has 0 bridgehead atoms. The Morgan fingerprint density at radius 3 is 2.69 bits per heavy atom. The summed E-state index contributed by atoms with van der Waals surface area (Å²) in [5.74, 6) is -1.11. The Morgan fingerprint density at radius 1 is 1.22 bits per heavy atom. The van der Waals surface area contributed by atoms with Crippen molar-refractivity contribution in [1.29, 1.82) is 0 Å². The van der Waals surface area contributed by atoms with E-state index in [9.17, 15) is 17.6 Å². The van der Waals surface area contributed by atoms with Crippen molar-refractivity contribution in [1.82, 2.24) is 9.62 Å². The number of carbonyl (C=O) groups excluding carboxylic acids is 1. The summed E-state index contributed by atoms with van der Waals surface area (Å²) >= 11 is 8.00. The number of thiophene rings is 1. The minimum atomic E-state index is -3.77. The van der Waals surface area contributed by atoms with Crippen LogP contribution in [-0.2, 0) is 16.6 Å². The molecule has 1 N–H and O–H groups in total. The topological polar surface area (TPSA) is 75.7 Å². The predicted octanol–water partition coefficient (Wildman–Crippen LogP) is 5.61. The summed E-state index contributed by atoms with van der Waals surface area (Å²) in [7, 11) is -3.77. The van der Waals surface area contributed by atoms with Crippen LogP contribution >= 0.6 is 22.9 Å². The quantitative estimate of drug-likeness (QED) is 0.436. The van der Waals surface area contributed by atoms with Gasteiger partial charge in [0.15, 0.2) is 0 Å². The lowest BCUT2D eigenvalue weighted by molar-refractivity contribution is 0.0977. The van der Waals surface area contributed by atoms with E-state index in [1.807, 2.05) is 4.72 Å².